The van der Waals surface area contributed by atoms with Crippen LogP contribution in [0.25, 0.3) is 0 Å². The van der Waals surface area contributed by atoms with Crippen LogP contribution in [0.5, 0.6) is 0 Å². The van der Waals surface area contributed by atoms with Crippen molar-refractivity contribution in [3.8, 4) is 0 Å². The number of nitrogens with zero attached hydrogens (tertiary/aromatic N) is 2. The monoisotopic (exact) mass is 666 g/mol. The van der Waals surface area contributed by atoms with Crippen LogP contribution in [0.2, 0.25) is 0 Å². The number of nitrogens with one attached hydrogen (secondary N) is 2. The van der Waals surface area contributed by atoms with E-state index < -0.39 is 48.0 Å². The maximum Gasteiger partial charge on any atom is 0.345 e. The zero-order chi connectivity index (χ0) is 33.7. The second-order valence-electron chi connectivity index (χ2n) is 13.3. The van der Waals surface area contributed by atoms with Gasteiger partial charge in [-0.05, 0) is 61.8 Å². The van der Waals surface area contributed by atoms with Gasteiger partial charge < -0.3 is 19.7 Å². The molecule has 3 aromatic rings. The summed E-state index contributed by atoms with van der Waals surface area (Å²) >= 11 is 0. The van der Waals surface area contributed by atoms with Gasteiger partial charge in [0.05, 0.1) is 0 Å². The van der Waals surface area contributed by atoms with Crippen LogP contribution in [0, 0.1) is 0 Å². The van der Waals surface area contributed by atoms with E-state index in [9.17, 15) is 19.2 Å². The van der Waals surface area contributed by atoms with E-state index in [0.29, 0.717) is 38.8 Å². The summed E-state index contributed by atoms with van der Waals surface area (Å²) in [6, 6.07) is 26.3. The summed E-state index contributed by atoms with van der Waals surface area (Å²) in [4.78, 5) is 66.0. The molecule has 4 heterocycles. The highest BCUT2D eigenvalue weighted by atomic mass is 16.7. The molecule has 49 heavy (non-hydrogen) atoms. The Bertz CT molecular complexity index is 1620. The maximum absolute atomic E-state index is 14.0. The Labute approximate surface area is 285 Å². The Balaban J connectivity index is 1.07. The molecule has 0 aliphatic carbocycles. The molecule has 0 spiro atoms. The van der Waals surface area contributed by atoms with E-state index in [2.05, 4.69) is 10.6 Å². The van der Waals surface area contributed by atoms with Crippen molar-refractivity contribution in [2.24, 2.45) is 0 Å². The molecule has 0 radical (unpaired) electrons. The predicted octanol–water partition coefficient (Wildman–Crippen LogP) is 3.93. The summed E-state index contributed by atoms with van der Waals surface area (Å²) in [5, 5.41) is 9.24. The standard InChI is InChI=1S/C38H42N4O7/c43-35(31-17-10-21-39-31)47-38(46)34-29(26-13-6-2-7-14-26)20-22-41(34)49-37(45)33-23-28(25-11-4-1-5-12-25)24-42(33)48-36(44)32-19-18-30(40-32)27-15-8-3-9-16-27/h1-9,11-16,28-34,39-40H,10,17-24H2/t28?,29?,30?,31-,32-,33-,34-/m0/s1. The number of hydroxylamine groups is 4. The Morgan fingerprint density at radius 3 is 1.96 bits per heavy atom. The molecule has 256 valence electrons. The number of carbonyl (C=O) groups excluding carboxylic acids is 4. The van der Waals surface area contributed by atoms with Crippen LogP contribution in [-0.4, -0.2) is 77.8 Å². The zero-order valence-corrected chi connectivity index (χ0v) is 27.3. The quantitative estimate of drug-likeness (QED) is 0.255. The van der Waals surface area contributed by atoms with Gasteiger partial charge in [0.1, 0.15) is 18.1 Å². The molecule has 0 bridgehead atoms. The first-order chi connectivity index (χ1) is 23.9. The van der Waals surface area contributed by atoms with E-state index >= 15 is 0 Å². The fraction of sp³-hybridized carbons (Fsp3) is 0.421. The molecule has 7 atom stereocenters. The van der Waals surface area contributed by atoms with Gasteiger partial charge in [-0.1, -0.05) is 91.0 Å². The fourth-order valence-corrected chi connectivity index (χ4v) is 7.63. The summed E-state index contributed by atoms with van der Waals surface area (Å²) in [6.07, 6.45) is 3.69. The highest BCUT2D eigenvalue weighted by molar-refractivity contribution is 5.92. The molecular weight excluding hydrogens is 624 g/mol. The number of rotatable bonds is 9. The van der Waals surface area contributed by atoms with Gasteiger partial charge in [-0.25, -0.2) is 19.2 Å². The Morgan fingerprint density at radius 2 is 1.29 bits per heavy atom. The van der Waals surface area contributed by atoms with Gasteiger partial charge >= 0.3 is 23.9 Å². The first-order valence-corrected chi connectivity index (χ1v) is 17.3. The summed E-state index contributed by atoms with van der Waals surface area (Å²) in [6.45, 7) is 1.26. The minimum atomic E-state index is -1.02. The van der Waals surface area contributed by atoms with E-state index in [1.807, 2.05) is 91.0 Å². The van der Waals surface area contributed by atoms with E-state index in [1.54, 1.807) is 0 Å². The molecule has 4 fully saturated rings. The third-order valence-corrected chi connectivity index (χ3v) is 10.2. The molecule has 2 N–H and O–H groups in total. The molecule has 4 aliphatic rings. The molecule has 11 nitrogen and oxygen atoms in total. The van der Waals surface area contributed by atoms with Gasteiger partial charge in [0, 0.05) is 31.0 Å². The van der Waals surface area contributed by atoms with Gasteiger partial charge in [0.25, 0.3) is 0 Å². The second-order valence-corrected chi connectivity index (χ2v) is 13.3. The van der Waals surface area contributed by atoms with Gasteiger partial charge in [0.15, 0.2) is 6.04 Å². The molecule has 3 aromatic carbocycles. The van der Waals surface area contributed by atoms with Crippen molar-refractivity contribution in [2.45, 2.75) is 80.6 Å². The summed E-state index contributed by atoms with van der Waals surface area (Å²) < 4.78 is 5.39. The Morgan fingerprint density at radius 1 is 0.633 bits per heavy atom. The first kappa shape index (κ1) is 33.1. The summed E-state index contributed by atoms with van der Waals surface area (Å²) in [7, 11) is 0. The lowest BCUT2D eigenvalue weighted by Gasteiger charge is -2.28. The van der Waals surface area contributed by atoms with Crippen LogP contribution in [-0.2, 0) is 33.6 Å². The Hall–Kier alpha value is -4.42. The van der Waals surface area contributed by atoms with Crippen LogP contribution in [0.3, 0.4) is 0 Å². The molecule has 0 amide bonds. The Kier molecular flexibility index (Phi) is 10.1. The van der Waals surface area contributed by atoms with E-state index in [-0.39, 0.29) is 24.4 Å². The van der Waals surface area contributed by atoms with Crippen molar-refractivity contribution in [1.29, 1.82) is 0 Å². The molecule has 11 heteroatoms. The first-order valence-electron chi connectivity index (χ1n) is 17.3. The number of ether oxygens (including phenoxy) is 1. The number of hydrogen-bond donors (Lipinski definition) is 2. The zero-order valence-electron chi connectivity index (χ0n) is 27.3. The minimum absolute atomic E-state index is 0.0379. The summed E-state index contributed by atoms with van der Waals surface area (Å²) in [5.41, 5.74) is 3.01. The number of carbonyl (C=O) groups is 4. The van der Waals surface area contributed by atoms with Gasteiger partial charge in [-0.2, -0.15) is 0 Å². The molecule has 4 aliphatic heterocycles. The lowest BCUT2D eigenvalue weighted by molar-refractivity contribution is -0.223. The highest BCUT2D eigenvalue weighted by Crippen LogP contribution is 2.37. The topological polar surface area (TPSA) is 127 Å². The van der Waals surface area contributed by atoms with Crippen molar-refractivity contribution in [3.05, 3.63) is 108 Å². The van der Waals surface area contributed by atoms with Crippen molar-refractivity contribution in [3.63, 3.8) is 0 Å². The van der Waals surface area contributed by atoms with Gasteiger partial charge in [-0.15, -0.1) is 10.1 Å². The second kappa shape index (κ2) is 15.0. The lowest BCUT2D eigenvalue weighted by atomic mass is 9.92. The van der Waals surface area contributed by atoms with Gasteiger partial charge in [-0.3, -0.25) is 5.32 Å². The van der Waals surface area contributed by atoms with Crippen molar-refractivity contribution in [1.82, 2.24) is 20.8 Å². The molecule has 7 rings (SSSR count). The van der Waals surface area contributed by atoms with Crippen LogP contribution in [0.15, 0.2) is 91.0 Å². The predicted molar refractivity (Wildman–Crippen MR) is 178 cm³/mol. The third-order valence-electron chi connectivity index (χ3n) is 10.2. The number of esters is 2. The lowest BCUT2D eigenvalue weighted by Crippen LogP contribution is -2.48. The van der Waals surface area contributed by atoms with Crippen LogP contribution in [0.4, 0.5) is 0 Å². The van der Waals surface area contributed by atoms with Crippen LogP contribution < -0.4 is 10.6 Å². The number of benzene rings is 3. The van der Waals surface area contributed by atoms with E-state index in [4.69, 9.17) is 14.4 Å². The normalized spacial score (nSPS) is 28.7. The average molecular weight is 667 g/mol. The van der Waals surface area contributed by atoms with E-state index in [1.165, 1.54) is 10.1 Å². The summed E-state index contributed by atoms with van der Waals surface area (Å²) in [5.74, 6) is -2.91. The third kappa shape index (κ3) is 7.45. The average Bonchev–Trinajstić information content (AvgIpc) is 3.96. The van der Waals surface area contributed by atoms with Crippen molar-refractivity contribution < 1.29 is 33.6 Å². The minimum Gasteiger partial charge on any atom is -0.391 e. The van der Waals surface area contributed by atoms with E-state index in [0.717, 1.165) is 29.5 Å². The molecule has 0 aromatic heterocycles. The fourth-order valence-electron chi connectivity index (χ4n) is 7.63. The molecule has 3 unspecified atom stereocenters. The van der Waals surface area contributed by atoms with Crippen molar-refractivity contribution >= 4 is 23.9 Å². The van der Waals surface area contributed by atoms with Gasteiger partial charge in [0.2, 0.25) is 0 Å². The molecular formula is C38H42N4O7. The number of hydrogen-bond acceptors (Lipinski definition) is 11. The largest absolute Gasteiger partial charge is 0.391 e. The van der Waals surface area contributed by atoms with Crippen molar-refractivity contribution in [2.75, 3.05) is 19.6 Å². The SMILES string of the molecule is O=C(OC(=O)[C@@H]1C(c2ccccc2)CCN1OC(=O)[C@@H]1CC(c2ccccc2)CN1OC(=O)[C@@H]1CCC(c2ccccc2)N1)[C@@H]1CCCN1. The highest BCUT2D eigenvalue weighted by Gasteiger charge is 2.48. The van der Waals surface area contributed by atoms with Crippen LogP contribution in [0.1, 0.15) is 73.1 Å². The smallest absolute Gasteiger partial charge is 0.345 e. The maximum atomic E-state index is 14.0. The molecule has 4 saturated heterocycles. The molecule has 0 saturated carbocycles. The van der Waals surface area contributed by atoms with Crippen LogP contribution >= 0.6 is 0 Å².